The highest BCUT2D eigenvalue weighted by Gasteiger charge is 2.33. The molecule has 3 aromatic carbocycles. The number of Topliss-reactive ketones (excluding diaryl/α,β-unsaturated/α-hetero) is 3. The van der Waals surface area contributed by atoms with Gasteiger partial charge in [0.1, 0.15) is 6.61 Å². The molecule has 3 atom stereocenters. The number of benzene rings is 3. The monoisotopic (exact) mass is 712 g/mol. The SMILES string of the molecule is CC(C)C[C@H](NCN[C@@H](C)C(=O)CN[C@@H](CC(C)C)C(=O)C(=O)OCC1c2ccccc2-c2ccccc21)C(=O)C(=O)Nc1ccc(C(=O)O)cc1. The van der Waals surface area contributed by atoms with E-state index in [1.54, 1.807) is 6.92 Å². The Morgan fingerprint density at radius 3 is 1.77 bits per heavy atom. The van der Waals surface area contributed by atoms with Crippen molar-refractivity contribution >= 4 is 40.9 Å². The number of hydrogen-bond donors (Lipinski definition) is 5. The lowest BCUT2D eigenvalue weighted by Gasteiger charge is -2.22. The molecule has 0 fully saturated rings. The Kier molecular flexibility index (Phi) is 14.1. The number of fused-ring (bicyclic) bond motifs is 3. The number of carboxylic acids is 1. The molecule has 1 aliphatic carbocycles. The summed E-state index contributed by atoms with van der Waals surface area (Å²) in [5.74, 6) is -4.71. The van der Waals surface area contributed by atoms with E-state index in [0.717, 1.165) is 22.3 Å². The summed E-state index contributed by atoms with van der Waals surface area (Å²) >= 11 is 0. The van der Waals surface area contributed by atoms with Gasteiger partial charge in [0.05, 0.1) is 30.2 Å². The predicted octanol–water partition coefficient (Wildman–Crippen LogP) is 4.33. The van der Waals surface area contributed by atoms with Crippen molar-refractivity contribution in [1.29, 1.82) is 0 Å². The van der Waals surface area contributed by atoms with Crippen molar-refractivity contribution in [2.75, 3.05) is 25.1 Å². The van der Waals surface area contributed by atoms with Crippen molar-refractivity contribution in [3.63, 3.8) is 0 Å². The number of carboxylic acid groups (broad SMARTS) is 1. The molecule has 5 N–H and O–H groups in total. The van der Waals surface area contributed by atoms with Gasteiger partial charge < -0.3 is 15.2 Å². The van der Waals surface area contributed by atoms with E-state index < -0.39 is 47.5 Å². The fraction of sp³-hybridized carbons (Fsp3) is 0.400. The highest BCUT2D eigenvalue weighted by atomic mass is 16.5. The summed E-state index contributed by atoms with van der Waals surface area (Å²) in [4.78, 5) is 76.3. The zero-order valence-corrected chi connectivity index (χ0v) is 30.2. The molecule has 0 radical (unpaired) electrons. The Labute approximate surface area is 304 Å². The molecule has 4 rings (SSSR count). The Bertz CT molecular complexity index is 1730. The van der Waals surface area contributed by atoms with Crippen molar-refractivity contribution in [3.8, 4) is 11.1 Å². The van der Waals surface area contributed by atoms with Crippen LogP contribution >= 0.6 is 0 Å². The molecule has 3 aromatic rings. The van der Waals surface area contributed by atoms with Gasteiger partial charge in [-0.2, -0.15) is 0 Å². The van der Waals surface area contributed by atoms with E-state index in [-0.39, 0.29) is 54.6 Å². The maximum absolute atomic E-state index is 13.3. The number of ether oxygens (including phenoxy) is 1. The Balaban J connectivity index is 1.27. The van der Waals surface area contributed by atoms with Crippen LogP contribution in [0, 0.1) is 11.8 Å². The first kappa shape index (κ1) is 39.7. The Hall–Kier alpha value is -5.04. The first-order chi connectivity index (χ1) is 24.8. The summed E-state index contributed by atoms with van der Waals surface area (Å²) in [6, 6.07) is 18.9. The van der Waals surface area contributed by atoms with E-state index in [1.165, 1.54) is 24.3 Å². The number of carbonyl (C=O) groups excluding carboxylic acids is 5. The number of nitrogens with one attached hydrogen (secondary N) is 4. The zero-order chi connectivity index (χ0) is 37.9. The molecular weight excluding hydrogens is 664 g/mol. The van der Waals surface area contributed by atoms with E-state index in [4.69, 9.17) is 9.84 Å². The summed E-state index contributed by atoms with van der Waals surface area (Å²) in [6.45, 7) is 9.16. The maximum atomic E-state index is 13.3. The first-order valence-corrected chi connectivity index (χ1v) is 17.6. The van der Waals surface area contributed by atoms with Crippen LogP contribution in [0.25, 0.3) is 11.1 Å². The average molecular weight is 713 g/mol. The molecule has 1 amide bonds. The van der Waals surface area contributed by atoms with Crippen molar-refractivity contribution in [2.45, 2.75) is 71.5 Å². The second-order valence-corrected chi connectivity index (χ2v) is 13.9. The van der Waals surface area contributed by atoms with Gasteiger partial charge in [0.2, 0.25) is 5.78 Å². The van der Waals surface area contributed by atoms with Crippen LogP contribution in [-0.2, 0) is 28.7 Å². The number of anilines is 1. The van der Waals surface area contributed by atoms with Crippen LogP contribution in [0.1, 0.15) is 74.9 Å². The number of amides is 1. The van der Waals surface area contributed by atoms with Gasteiger partial charge >= 0.3 is 11.9 Å². The number of ketones is 3. The third kappa shape index (κ3) is 10.5. The van der Waals surface area contributed by atoms with Crippen LogP contribution in [0.4, 0.5) is 5.69 Å². The average Bonchev–Trinajstić information content (AvgIpc) is 3.44. The lowest BCUT2D eigenvalue weighted by Crippen LogP contribution is -2.51. The Morgan fingerprint density at radius 1 is 0.692 bits per heavy atom. The molecule has 0 bridgehead atoms. The van der Waals surface area contributed by atoms with Gasteiger partial charge in [-0.25, -0.2) is 9.59 Å². The second-order valence-electron chi connectivity index (χ2n) is 13.9. The number of rotatable bonds is 20. The fourth-order valence-corrected chi connectivity index (χ4v) is 6.19. The number of hydrogen-bond acceptors (Lipinski definition) is 10. The van der Waals surface area contributed by atoms with Gasteiger partial charge in [0.15, 0.2) is 5.78 Å². The third-order valence-electron chi connectivity index (χ3n) is 8.97. The third-order valence-corrected chi connectivity index (χ3v) is 8.97. The normalized spacial score (nSPS) is 13.9. The molecule has 1 aliphatic rings. The van der Waals surface area contributed by atoms with Gasteiger partial charge in [-0.3, -0.25) is 35.1 Å². The largest absolute Gasteiger partial charge is 0.478 e. The molecule has 0 heterocycles. The highest BCUT2D eigenvalue weighted by Crippen LogP contribution is 2.44. The minimum atomic E-state index is -1.11. The van der Waals surface area contributed by atoms with Crippen molar-refractivity contribution < 1.29 is 38.6 Å². The van der Waals surface area contributed by atoms with Crippen molar-refractivity contribution in [3.05, 3.63) is 89.5 Å². The Morgan fingerprint density at radius 2 is 1.23 bits per heavy atom. The predicted molar refractivity (Wildman–Crippen MR) is 197 cm³/mol. The lowest BCUT2D eigenvalue weighted by molar-refractivity contribution is -0.155. The van der Waals surface area contributed by atoms with Gasteiger partial charge in [-0.15, -0.1) is 0 Å². The maximum Gasteiger partial charge on any atom is 0.376 e. The molecule has 12 nitrogen and oxygen atoms in total. The summed E-state index contributed by atoms with van der Waals surface area (Å²) < 4.78 is 5.59. The molecule has 0 saturated carbocycles. The molecule has 276 valence electrons. The van der Waals surface area contributed by atoms with Crippen LogP contribution in [0.15, 0.2) is 72.8 Å². The zero-order valence-electron chi connectivity index (χ0n) is 30.2. The highest BCUT2D eigenvalue weighted by molar-refractivity contribution is 6.42. The molecule has 52 heavy (non-hydrogen) atoms. The summed E-state index contributed by atoms with van der Waals surface area (Å²) in [7, 11) is 0. The van der Waals surface area contributed by atoms with E-state index >= 15 is 0 Å². The number of esters is 1. The fourth-order valence-electron chi connectivity index (χ4n) is 6.19. The number of carbonyl (C=O) groups is 6. The van der Waals surface area contributed by atoms with Gasteiger partial charge in [-0.1, -0.05) is 76.2 Å². The van der Waals surface area contributed by atoms with Crippen molar-refractivity contribution in [1.82, 2.24) is 16.0 Å². The van der Waals surface area contributed by atoms with Crippen LogP contribution in [0.5, 0.6) is 0 Å². The van der Waals surface area contributed by atoms with E-state index in [0.29, 0.717) is 12.8 Å². The standard InChI is InChI=1S/C40H48N4O8/c1-23(2)18-33(36(46)38(48)44-27-16-14-26(15-17-27)39(49)50)43-22-42-25(5)35(45)20-41-34(19-24(3)4)37(47)40(51)52-21-32-30-12-8-6-10-28(30)29-11-7-9-13-31(29)32/h6-17,23-25,32-34,41-43H,18-22H2,1-5H3,(H,44,48)(H,49,50)/t25-,33-,34-/m0/s1. The number of aromatic carboxylic acids is 1. The second kappa shape index (κ2) is 18.5. The quantitative estimate of drug-likeness (QED) is 0.0640. The molecule has 12 heteroatoms. The van der Waals surface area contributed by atoms with Crippen LogP contribution in [0.2, 0.25) is 0 Å². The summed E-state index contributed by atoms with van der Waals surface area (Å²) in [5.41, 5.74) is 4.56. The topological polar surface area (TPSA) is 180 Å². The molecule has 0 aromatic heterocycles. The van der Waals surface area contributed by atoms with Crippen LogP contribution in [0.3, 0.4) is 0 Å². The minimum absolute atomic E-state index is 0.0156. The van der Waals surface area contributed by atoms with E-state index in [2.05, 4.69) is 21.3 Å². The summed E-state index contributed by atoms with van der Waals surface area (Å²) in [6.07, 6.45) is 0.676. The van der Waals surface area contributed by atoms with E-state index in [1.807, 2.05) is 76.2 Å². The molecular formula is C40H48N4O8. The molecule has 0 spiro atoms. The van der Waals surface area contributed by atoms with E-state index in [9.17, 15) is 28.8 Å². The molecule has 0 aliphatic heterocycles. The minimum Gasteiger partial charge on any atom is -0.478 e. The summed E-state index contributed by atoms with van der Waals surface area (Å²) in [5, 5.41) is 20.6. The van der Waals surface area contributed by atoms with Crippen molar-refractivity contribution in [2.24, 2.45) is 11.8 Å². The molecule has 0 saturated heterocycles. The van der Waals surface area contributed by atoms with Crippen LogP contribution in [-0.4, -0.2) is 78.2 Å². The first-order valence-electron chi connectivity index (χ1n) is 17.6. The van der Waals surface area contributed by atoms with Gasteiger partial charge in [0.25, 0.3) is 11.7 Å². The van der Waals surface area contributed by atoms with Crippen LogP contribution < -0.4 is 21.3 Å². The molecule has 0 unspecified atom stereocenters. The smallest absolute Gasteiger partial charge is 0.376 e. The lowest BCUT2D eigenvalue weighted by atomic mass is 9.98. The van der Waals surface area contributed by atoms with Gasteiger partial charge in [0, 0.05) is 18.3 Å². The van der Waals surface area contributed by atoms with Gasteiger partial charge in [-0.05, 0) is 78.1 Å².